The summed E-state index contributed by atoms with van der Waals surface area (Å²) in [7, 11) is 0. The zero-order chi connectivity index (χ0) is 13.3. The summed E-state index contributed by atoms with van der Waals surface area (Å²) < 4.78 is 1.62. The lowest BCUT2D eigenvalue weighted by atomic mass is 9.79. The highest BCUT2D eigenvalue weighted by Gasteiger charge is 2.46. The minimum absolute atomic E-state index is 0.0407. The van der Waals surface area contributed by atoms with E-state index < -0.39 is 0 Å². The number of aromatic nitrogens is 2. The van der Waals surface area contributed by atoms with Gasteiger partial charge in [0.15, 0.2) is 0 Å². The van der Waals surface area contributed by atoms with Crippen LogP contribution in [0.3, 0.4) is 0 Å². The second-order valence-corrected chi connectivity index (χ2v) is 5.41. The Balaban J connectivity index is 1.65. The molecule has 1 spiro atoms. The van der Waals surface area contributed by atoms with Crippen molar-refractivity contribution in [2.24, 2.45) is 5.41 Å². The van der Waals surface area contributed by atoms with Crippen LogP contribution in [0.25, 0.3) is 0 Å². The van der Waals surface area contributed by atoms with Gasteiger partial charge in [-0.2, -0.15) is 5.10 Å². The molecule has 1 aromatic rings. The highest BCUT2D eigenvalue weighted by molar-refractivity contribution is 5.85. The third-order valence-corrected chi connectivity index (χ3v) is 4.16. The number of amides is 2. The molecule has 2 saturated heterocycles. The standard InChI is InChI=1S/C13H18N4O2/c18-11(9-17-7-2-6-15-17)16-8-4-13(10-16)3-1-5-14-12(13)19/h2,6-7H,1,3-5,8-10H2,(H,14,19)/t13-/m0/s1. The fraction of sp³-hybridized carbons (Fsp3) is 0.615. The molecular weight excluding hydrogens is 244 g/mol. The molecule has 2 aliphatic rings. The smallest absolute Gasteiger partial charge is 0.244 e. The van der Waals surface area contributed by atoms with E-state index in [9.17, 15) is 9.59 Å². The van der Waals surface area contributed by atoms with Crippen LogP contribution < -0.4 is 5.32 Å². The van der Waals surface area contributed by atoms with Gasteiger partial charge < -0.3 is 10.2 Å². The molecule has 2 aliphatic heterocycles. The predicted octanol–water partition coefficient (Wildman–Crippen LogP) is 0.0118. The van der Waals surface area contributed by atoms with E-state index in [1.54, 1.807) is 28.0 Å². The lowest BCUT2D eigenvalue weighted by molar-refractivity contribution is -0.135. The average molecular weight is 262 g/mol. The first kappa shape index (κ1) is 12.2. The second kappa shape index (κ2) is 4.68. The summed E-state index contributed by atoms with van der Waals surface area (Å²) in [5.41, 5.74) is -0.335. The largest absolute Gasteiger partial charge is 0.356 e. The number of likely N-dealkylation sites (tertiary alicyclic amines) is 1. The van der Waals surface area contributed by atoms with Crippen molar-refractivity contribution in [1.29, 1.82) is 0 Å². The molecule has 1 aromatic heterocycles. The third-order valence-electron chi connectivity index (χ3n) is 4.16. The van der Waals surface area contributed by atoms with Crippen molar-refractivity contribution in [3.05, 3.63) is 18.5 Å². The molecule has 0 aliphatic carbocycles. The number of carbonyl (C=O) groups excluding carboxylic acids is 2. The van der Waals surface area contributed by atoms with Gasteiger partial charge in [0.25, 0.3) is 0 Å². The number of hydrogen-bond donors (Lipinski definition) is 1. The van der Waals surface area contributed by atoms with Crippen LogP contribution in [0.15, 0.2) is 18.5 Å². The van der Waals surface area contributed by atoms with Gasteiger partial charge in [-0.25, -0.2) is 0 Å². The van der Waals surface area contributed by atoms with Crippen LogP contribution in [0.1, 0.15) is 19.3 Å². The maximum absolute atomic E-state index is 12.2. The van der Waals surface area contributed by atoms with Crippen LogP contribution in [0.5, 0.6) is 0 Å². The van der Waals surface area contributed by atoms with Gasteiger partial charge in [0.2, 0.25) is 11.8 Å². The van der Waals surface area contributed by atoms with Gasteiger partial charge in [0.1, 0.15) is 6.54 Å². The molecule has 0 unspecified atom stereocenters. The van der Waals surface area contributed by atoms with Gasteiger partial charge in [-0.15, -0.1) is 0 Å². The van der Waals surface area contributed by atoms with E-state index in [2.05, 4.69) is 10.4 Å². The molecule has 0 bridgehead atoms. The number of rotatable bonds is 2. The van der Waals surface area contributed by atoms with Crippen molar-refractivity contribution in [2.45, 2.75) is 25.8 Å². The summed E-state index contributed by atoms with van der Waals surface area (Å²) >= 11 is 0. The Morgan fingerprint density at radius 2 is 2.37 bits per heavy atom. The third kappa shape index (κ3) is 2.22. The summed E-state index contributed by atoms with van der Waals surface area (Å²) in [5, 5.41) is 6.96. The van der Waals surface area contributed by atoms with Gasteiger partial charge in [-0.05, 0) is 25.3 Å². The average Bonchev–Trinajstić information content (AvgIpc) is 3.04. The topological polar surface area (TPSA) is 67.2 Å². The summed E-state index contributed by atoms with van der Waals surface area (Å²) in [6.45, 7) is 2.25. The Morgan fingerprint density at radius 1 is 1.47 bits per heavy atom. The van der Waals surface area contributed by atoms with Crippen molar-refractivity contribution in [3.63, 3.8) is 0 Å². The first-order chi connectivity index (χ1) is 9.20. The summed E-state index contributed by atoms with van der Waals surface area (Å²) in [4.78, 5) is 26.0. The molecule has 19 heavy (non-hydrogen) atoms. The van der Waals surface area contributed by atoms with E-state index in [1.807, 2.05) is 0 Å². The minimum atomic E-state index is -0.335. The highest BCUT2D eigenvalue weighted by Crippen LogP contribution is 2.37. The molecule has 102 valence electrons. The van der Waals surface area contributed by atoms with Gasteiger partial charge >= 0.3 is 0 Å². The van der Waals surface area contributed by atoms with Gasteiger partial charge in [-0.3, -0.25) is 14.3 Å². The van der Waals surface area contributed by atoms with Crippen molar-refractivity contribution in [3.8, 4) is 0 Å². The fourth-order valence-electron chi connectivity index (χ4n) is 3.04. The van der Waals surface area contributed by atoms with E-state index in [0.29, 0.717) is 13.1 Å². The molecule has 1 N–H and O–H groups in total. The van der Waals surface area contributed by atoms with E-state index in [-0.39, 0.29) is 23.8 Å². The molecule has 3 rings (SSSR count). The number of nitrogens with zero attached hydrogens (tertiary/aromatic N) is 3. The van der Waals surface area contributed by atoms with Crippen LogP contribution in [0.2, 0.25) is 0 Å². The Bertz CT molecular complexity index is 485. The molecule has 0 radical (unpaired) electrons. The monoisotopic (exact) mass is 262 g/mol. The second-order valence-electron chi connectivity index (χ2n) is 5.41. The Morgan fingerprint density at radius 3 is 3.11 bits per heavy atom. The zero-order valence-electron chi connectivity index (χ0n) is 10.8. The van der Waals surface area contributed by atoms with Gasteiger partial charge in [0, 0.05) is 32.0 Å². The summed E-state index contributed by atoms with van der Waals surface area (Å²) in [6, 6.07) is 1.80. The highest BCUT2D eigenvalue weighted by atomic mass is 16.2. The number of hydrogen-bond acceptors (Lipinski definition) is 3. The molecule has 0 saturated carbocycles. The molecular formula is C13H18N4O2. The van der Waals surface area contributed by atoms with Crippen LogP contribution in [0.4, 0.5) is 0 Å². The van der Waals surface area contributed by atoms with Crippen molar-refractivity contribution in [1.82, 2.24) is 20.0 Å². The lowest BCUT2D eigenvalue weighted by Gasteiger charge is -2.32. The molecule has 0 aromatic carbocycles. The number of piperidine rings is 1. The van der Waals surface area contributed by atoms with Gasteiger partial charge in [0.05, 0.1) is 5.41 Å². The van der Waals surface area contributed by atoms with Crippen LogP contribution in [0, 0.1) is 5.41 Å². The maximum Gasteiger partial charge on any atom is 0.244 e. The summed E-state index contributed by atoms with van der Waals surface area (Å²) in [5.74, 6) is 0.159. The molecule has 6 nitrogen and oxygen atoms in total. The first-order valence-corrected chi connectivity index (χ1v) is 6.73. The van der Waals surface area contributed by atoms with Crippen LogP contribution >= 0.6 is 0 Å². The van der Waals surface area contributed by atoms with E-state index >= 15 is 0 Å². The van der Waals surface area contributed by atoms with Gasteiger partial charge in [-0.1, -0.05) is 0 Å². The van der Waals surface area contributed by atoms with E-state index in [1.165, 1.54) is 0 Å². The molecule has 3 heterocycles. The SMILES string of the molecule is O=C(Cn1cccn1)N1CC[C@@]2(CCCNC2=O)C1. The minimum Gasteiger partial charge on any atom is -0.356 e. The van der Waals surface area contributed by atoms with E-state index in [0.717, 1.165) is 25.8 Å². The normalized spacial score (nSPS) is 26.7. The molecule has 6 heteroatoms. The number of carbonyl (C=O) groups is 2. The Kier molecular flexibility index (Phi) is 3.00. The van der Waals surface area contributed by atoms with Crippen molar-refractivity contribution >= 4 is 11.8 Å². The van der Waals surface area contributed by atoms with Crippen molar-refractivity contribution in [2.75, 3.05) is 19.6 Å². The van der Waals surface area contributed by atoms with Crippen LogP contribution in [-0.2, 0) is 16.1 Å². The lowest BCUT2D eigenvalue weighted by Crippen LogP contribution is -2.48. The Labute approximate surface area is 111 Å². The van der Waals surface area contributed by atoms with E-state index in [4.69, 9.17) is 0 Å². The molecule has 1 atom stereocenters. The fourth-order valence-corrected chi connectivity index (χ4v) is 3.04. The summed E-state index contributed by atoms with van der Waals surface area (Å²) in [6.07, 6.45) is 6.12. The molecule has 2 amide bonds. The first-order valence-electron chi connectivity index (χ1n) is 6.73. The Hall–Kier alpha value is -1.85. The maximum atomic E-state index is 12.2. The quantitative estimate of drug-likeness (QED) is 0.816. The van der Waals surface area contributed by atoms with Crippen LogP contribution in [-0.4, -0.2) is 46.1 Å². The zero-order valence-corrected chi connectivity index (χ0v) is 10.8. The molecule has 2 fully saturated rings. The number of nitrogens with one attached hydrogen (secondary N) is 1. The van der Waals surface area contributed by atoms with Crippen molar-refractivity contribution < 1.29 is 9.59 Å². The predicted molar refractivity (Wildman–Crippen MR) is 68.1 cm³/mol.